The third-order valence-corrected chi connectivity index (χ3v) is 2.78. The van der Waals surface area contributed by atoms with E-state index in [4.69, 9.17) is 4.74 Å². The molecule has 1 amide bonds. The van der Waals surface area contributed by atoms with Crippen molar-refractivity contribution in [1.29, 1.82) is 0 Å². The Kier molecular flexibility index (Phi) is 6.16. The third-order valence-electron chi connectivity index (χ3n) is 2.78. The van der Waals surface area contributed by atoms with Gasteiger partial charge in [0, 0.05) is 6.54 Å². The lowest BCUT2D eigenvalue weighted by Gasteiger charge is -2.22. The predicted molar refractivity (Wildman–Crippen MR) is 78.2 cm³/mol. The zero-order valence-corrected chi connectivity index (χ0v) is 13.2. The van der Waals surface area contributed by atoms with Crippen LogP contribution in [0.25, 0.3) is 0 Å². The molecule has 0 aromatic heterocycles. The van der Waals surface area contributed by atoms with E-state index in [9.17, 15) is 33.9 Å². The van der Waals surface area contributed by atoms with Crippen LogP contribution in [0.5, 0.6) is 0 Å². The average molecular weight is 348 g/mol. The lowest BCUT2D eigenvalue weighted by molar-refractivity contribution is -0.390. The fraction of sp³-hybridized carbons (Fsp3) is 0.500. The van der Waals surface area contributed by atoms with Crippen LogP contribution in [0.15, 0.2) is 12.1 Å². The fourth-order valence-corrected chi connectivity index (χ4v) is 1.77. The van der Waals surface area contributed by atoms with Crippen molar-refractivity contribution >= 4 is 11.8 Å². The van der Waals surface area contributed by atoms with Crippen molar-refractivity contribution in [3.05, 3.63) is 39.4 Å². The summed E-state index contributed by atoms with van der Waals surface area (Å²) in [4.78, 5) is 20.7. The second-order valence-corrected chi connectivity index (χ2v) is 5.99. The lowest BCUT2D eigenvalue weighted by Crippen LogP contribution is -2.38. The Morgan fingerprint density at radius 1 is 1.33 bits per heavy atom. The molecule has 1 rings (SSSR count). The van der Waals surface area contributed by atoms with E-state index in [0.717, 1.165) is 0 Å². The first-order valence-corrected chi connectivity index (χ1v) is 6.88. The van der Waals surface area contributed by atoms with Crippen molar-refractivity contribution in [2.45, 2.75) is 38.6 Å². The largest absolute Gasteiger partial charge is 0.444 e. The SMILES string of the molecule is CC(C)(C)OC(=O)NCC(O)C(O)c1cc(F)c([N+](=O)[O-])c(F)c1. The van der Waals surface area contributed by atoms with Gasteiger partial charge in [-0.3, -0.25) is 10.1 Å². The summed E-state index contributed by atoms with van der Waals surface area (Å²) in [5.74, 6) is -2.97. The van der Waals surface area contributed by atoms with Crippen molar-refractivity contribution in [2.75, 3.05) is 6.54 Å². The number of aliphatic hydroxyl groups is 2. The third kappa shape index (κ3) is 5.39. The fourth-order valence-electron chi connectivity index (χ4n) is 1.77. The molecule has 134 valence electrons. The number of carbonyl (C=O) groups excluding carboxylic acids is 1. The minimum Gasteiger partial charge on any atom is -0.444 e. The summed E-state index contributed by atoms with van der Waals surface area (Å²) in [6, 6.07) is 1.09. The van der Waals surface area contributed by atoms with Crippen LogP contribution in [0.1, 0.15) is 32.4 Å². The number of benzene rings is 1. The van der Waals surface area contributed by atoms with E-state index in [1.807, 2.05) is 0 Å². The molecule has 1 aromatic rings. The van der Waals surface area contributed by atoms with E-state index in [1.165, 1.54) is 0 Å². The molecule has 0 saturated carbocycles. The number of carbonyl (C=O) groups is 1. The van der Waals surface area contributed by atoms with Crippen molar-refractivity contribution in [3.63, 3.8) is 0 Å². The summed E-state index contributed by atoms with van der Waals surface area (Å²) < 4.78 is 32.0. The first-order chi connectivity index (χ1) is 10.9. The minimum atomic E-state index is -1.77. The lowest BCUT2D eigenvalue weighted by atomic mass is 10.0. The van der Waals surface area contributed by atoms with E-state index < -0.39 is 58.3 Å². The summed E-state index contributed by atoms with van der Waals surface area (Å²) in [5, 5.41) is 32.3. The van der Waals surface area contributed by atoms with Gasteiger partial charge in [0.2, 0.25) is 11.6 Å². The zero-order chi connectivity index (χ0) is 18.7. The maximum Gasteiger partial charge on any atom is 0.407 e. The standard InChI is InChI=1S/C14H18F2N2O6/c1-14(2,3)24-13(21)17-6-10(19)12(20)7-4-8(15)11(18(22)23)9(16)5-7/h4-5,10,12,19-20H,6H2,1-3H3,(H,17,21). The van der Waals surface area contributed by atoms with E-state index >= 15 is 0 Å². The summed E-state index contributed by atoms with van der Waals surface area (Å²) in [6.45, 7) is 4.41. The average Bonchev–Trinajstić information content (AvgIpc) is 2.40. The molecule has 0 aliphatic carbocycles. The Hall–Kier alpha value is -2.33. The van der Waals surface area contributed by atoms with E-state index in [2.05, 4.69) is 5.32 Å². The maximum absolute atomic E-state index is 13.5. The van der Waals surface area contributed by atoms with Crippen molar-refractivity contribution in [1.82, 2.24) is 5.32 Å². The summed E-state index contributed by atoms with van der Waals surface area (Å²) >= 11 is 0. The number of alkyl carbamates (subject to hydrolysis) is 1. The molecule has 0 bridgehead atoms. The van der Waals surface area contributed by atoms with Crippen LogP contribution in [-0.2, 0) is 4.74 Å². The smallest absolute Gasteiger partial charge is 0.407 e. The summed E-state index contributed by atoms with van der Waals surface area (Å²) in [5.41, 5.74) is -2.53. The van der Waals surface area contributed by atoms with Gasteiger partial charge in [0.05, 0.1) is 4.92 Å². The quantitative estimate of drug-likeness (QED) is 0.551. The molecule has 10 heteroatoms. The van der Waals surface area contributed by atoms with Crippen molar-refractivity contribution in [2.24, 2.45) is 0 Å². The Balaban J connectivity index is 2.78. The van der Waals surface area contributed by atoms with E-state index in [-0.39, 0.29) is 0 Å². The summed E-state index contributed by atoms with van der Waals surface area (Å²) in [7, 11) is 0. The highest BCUT2D eigenvalue weighted by Crippen LogP contribution is 2.27. The number of nitro groups is 1. The number of amides is 1. The molecule has 0 aliphatic heterocycles. The number of nitro benzene ring substituents is 1. The molecule has 0 radical (unpaired) electrons. The van der Waals surface area contributed by atoms with Gasteiger partial charge in [-0.2, -0.15) is 8.78 Å². The molecule has 0 heterocycles. The number of ether oxygens (including phenoxy) is 1. The predicted octanol–water partition coefficient (Wildman–Crippen LogP) is 1.79. The zero-order valence-electron chi connectivity index (χ0n) is 13.2. The molecule has 0 saturated heterocycles. The van der Waals surface area contributed by atoms with Gasteiger partial charge < -0.3 is 20.3 Å². The molecule has 8 nitrogen and oxygen atoms in total. The molecule has 0 spiro atoms. The molecular formula is C14H18F2N2O6. The number of rotatable bonds is 5. The molecule has 1 aromatic carbocycles. The number of halogens is 2. The summed E-state index contributed by atoms with van der Waals surface area (Å²) in [6.07, 6.45) is -4.24. The van der Waals surface area contributed by atoms with E-state index in [1.54, 1.807) is 20.8 Å². The first kappa shape index (κ1) is 19.7. The number of aliphatic hydroxyl groups excluding tert-OH is 2. The van der Waals surface area contributed by atoms with Crippen LogP contribution in [0.3, 0.4) is 0 Å². The van der Waals surface area contributed by atoms with Crippen LogP contribution in [0.4, 0.5) is 19.3 Å². The van der Waals surface area contributed by atoms with Gasteiger partial charge in [-0.15, -0.1) is 0 Å². The highest BCUT2D eigenvalue weighted by atomic mass is 19.1. The number of nitrogens with one attached hydrogen (secondary N) is 1. The van der Waals surface area contributed by atoms with E-state index in [0.29, 0.717) is 12.1 Å². The van der Waals surface area contributed by atoms with Crippen LogP contribution >= 0.6 is 0 Å². The highest BCUT2D eigenvalue weighted by Gasteiger charge is 2.27. The second kappa shape index (κ2) is 7.49. The van der Waals surface area contributed by atoms with Crippen LogP contribution < -0.4 is 5.32 Å². The number of nitrogens with zero attached hydrogens (tertiary/aromatic N) is 1. The number of hydrogen-bond donors (Lipinski definition) is 3. The normalized spacial score (nSPS) is 14.0. The maximum atomic E-state index is 13.5. The molecule has 0 aliphatic rings. The van der Waals surface area contributed by atoms with Gasteiger partial charge >= 0.3 is 11.8 Å². The van der Waals surface area contributed by atoms with Gasteiger partial charge in [0.15, 0.2) is 0 Å². The van der Waals surface area contributed by atoms with Crippen LogP contribution in [0, 0.1) is 21.7 Å². The Morgan fingerprint density at radius 2 is 1.83 bits per heavy atom. The first-order valence-electron chi connectivity index (χ1n) is 6.88. The molecule has 2 atom stereocenters. The number of hydrogen-bond acceptors (Lipinski definition) is 6. The Bertz CT molecular complexity index is 609. The van der Waals surface area contributed by atoms with Crippen LogP contribution in [-0.4, -0.2) is 39.5 Å². The minimum absolute atomic E-state index is 0.408. The van der Waals surface area contributed by atoms with Crippen molar-refractivity contribution in [3.8, 4) is 0 Å². The highest BCUT2D eigenvalue weighted by molar-refractivity contribution is 5.67. The Morgan fingerprint density at radius 3 is 2.25 bits per heavy atom. The molecule has 0 fully saturated rings. The van der Waals surface area contributed by atoms with Gasteiger partial charge in [0.1, 0.15) is 17.8 Å². The Labute approximate surface area is 136 Å². The molecule has 24 heavy (non-hydrogen) atoms. The van der Waals surface area contributed by atoms with Gasteiger partial charge in [0.25, 0.3) is 0 Å². The van der Waals surface area contributed by atoms with Crippen LogP contribution in [0.2, 0.25) is 0 Å². The van der Waals surface area contributed by atoms with Crippen molar-refractivity contribution < 1.29 is 33.4 Å². The van der Waals surface area contributed by atoms with Gasteiger partial charge in [-0.1, -0.05) is 0 Å². The second-order valence-electron chi connectivity index (χ2n) is 5.99. The topological polar surface area (TPSA) is 122 Å². The molecule has 2 unspecified atom stereocenters. The molecule has 3 N–H and O–H groups in total. The van der Waals surface area contributed by atoms with Gasteiger partial charge in [-0.25, -0.2) is 4.79 Å². The van der Waals surface area contributed by atoms with Gasteiger partial charge in [-0.05, 0) is 38.5 Å². The monoisotopic (exact) mass is 348 g/mol. The molecular weight excluding hydrogens is 330 g/mol.